The highest BCUT2D eigenvalue weighted by Gasteiger charge is 2.19. The number of aliphatic hydroxyl groups excluding tert-OH is 2. The molecule has 0 bridgehead atoms. The number of carboxylic acids is 2. The lowest BCUT2D eigenvalue weighted by Crippen LogP contribution is -2.32. The third kappa shape index (κ3) is 13.4. The third-order valence-corrected chi connectivity index (χ3v) is 11.3. The number of hydrogen-bond acceptors (Lipinski definition) is 14. The van der Waals surface area contributed by atoms with Crippen molar-refractivity contribution in [3.63, 3.8) is 0 Å². The Morgan fingerprint density at radius 1 is 0.588 bits per heavy atom. The fraction of sp³-hybridized carbons (Fsp3) is 0.240. The Balaban J connectivity index is 1.19. The number of halogens is 2. The number of pyridine rings is 2. The van der Waals surface area contributed by atoms with E-state index in [0.29, 0.717) is 56.4 Å². The number of ether oxygens (including phenoxy) is 4. The van der Waals surface area contributed by atoms with Crippen LogP contribution in [0.2, 0.25) is 10.0 Å². The Morgan fingerprint density at radius 2 is 0.985 bits per heavy atom. The summed E-state index contributed by atoms with van der Waals surface area (Å²) in [5, 5.41) is 62.8. The molecule has 4 aromatic carbocycles. The van der Waals surface area contributed by atoms with Crippen LogP contribution in [0.15, 0.2) is 97.6 Å². The standard InChI is InChI=1S/C50H46Cl2N6O10/c1-29-35(27-67-47-13-45(65-25-33-9-31(15-53)17-55-19-33)37(11-41(47)51)21-57-23-43(59)49(61)62)5-3-7-39(29)40-8-4-6-36(30(40)2)28-68-48-14-46(66-26-34-10-32(16-54)18-56-20-34)38(12-42(48)52)22-58-24-44(60)50(63)64/h3-14,17-20,43-44,57-60H,21-28H2,1-2H3,(H,61,62)(H,63,64)/t43-,44-/m1/s1. The van der Waals surface area contributed by atoms with Gasteiger partial charge in [0.1, 0.15) is 61.6 Å². The van der Waals surface area contributed by atoms with Gasteiger partial charge in [-0.3, -0.25) is 9.97 Å². The van der Waals surface area contributed by atoms with Crippen molar-refractivity contribution in [1.82, 2.24) is 20.6 Å². The molecule has 6 aromatic rings. The summed E-state index contributed by atoms with van der Waals surface area (Å²) in [4.78, 5) is 30.5. The van der Waals surface area contributed by atoms with Crippen LogP contribution in [0, 0.1) is 36.5 Å². The lowest BCUT2D eigenvalue weighted by Gasteiger charge is -2.19. The topological polar surface area (TPSA) is 249 Å². The zero-order chi connectivity index (χ0) is 48.7. The third-order valence-electron chi connectivity index (χ3n) is 10.7. The molecule has 2 atom stereocenters. The number of carboxylic acid groups (broad SMARTS) is 2. The minimum absolute atomic E-state index is 0.0634. The van der Waals surface area contributed by atoms with Crippen molar-refractivity contribution < 1.29 is 49.0 Å². The molecule has 2 aromatic heterocycles. The summed E-state index contributed by atoms with van der Waals surface area (Å²) in [5.74, 6) is -1.28. The van der Waals surface area contributed by atoms with E-state index in [0.717, 1.165) is 33.4 Å². The zero-order valence-corrected chi connectivity index (χ0v) is 38.3. The van der Waals surface area contributed by atoms with Gasteiger partial charge in [0.05, 0.1) is 21.2 Å². The molecule has 0 saturated carbocycles. The molecule has 18 heteroatoms. The smallest absolute Gasteiger partial charge is 0.333 e. The normalized spacial score (nSPS) is 11.8. The molecule has 350 valence electrons. The highest BCUT2D eigenvalue weighted by Crippen LogP contribution is 2.37. The van der Waals surface area contributed by atoms with Crippen molar-refractivity contribution in [2.75, 3.05) is 13.1 Å². The van der Waals surface area contributed by atoms with Gasteiger partial charge in [0, 0.05) is 85.4 Å². The number of aliphatic carboxylic acids is 2. The van der Waals surface area contributed by atoms with Crippen LogP contribution >= 0.6 is 23.2 Å². The maximum absolute atomic E-state index is 11.2. The molecule has 68 heavy (non-hydrogen) atoms. The molecule has 0 amide bonds. The Kier molecular flexibility index (Phi) is 17.7. The fourth-order valence-corrected chi connectivity index (χ4v) is 7.41. The summed E-state index contributed by atoms with van der Waals surface area (Å²) in [6.45, 7) is 4.24. The molecule has 0 aliphatic heterocycles. The van der Waals surface area contributed by atoms with Gasteiger partial charge < -0.3 is 50.0 Å². The van der Waals surface area contributed by atoms with Crippen molar-refractivity contribution in [3.05, 3.63) is 163 Å². The van der Waals surface area contributed by atoms with Gasteiger partial charge in [0.2, 0.25) is 0 Å². The number of carbonyl (C=O) groups is 2. The van der Waals surface area contributed by atoms with E-state index in [1.54, 1.807) is 48.8 Å². The SMILES string of the molecule is Cc1c(COc2cc(OCc3cncc(C#N)c3)c(CNC[C@@H](O)C(=O)O)cc2Cl)cccc1-c1cccc(COc2cc(OCc3cncc(C#N)c3)c(CNC[C@@H](O)C(=O)O)cc2Cl)c1C. The first-order chi connectivity index (χ1) is 32.7. The second kappa shape index (κ2) is 24.0. The van der Waals surface area contributed by atoms with E-state index in [-0.39, 0.29) is 62.7 Å². The molecule has 0 radical (unpaired) electrons. The molecule has 0 aliphatic carbocycles. The van der Waals surface area contributed by atoms with E-state index in [1.165, 1.54) is 12.4 Å². The van der Waals surface area contributed by atoms with Crippen LogP contribution in [0.1, 0.15) is 55.6 Å². The Morgan fingerprint density at radius 3 is 1.37 bits per heavy atom. The van der Waals surface area contributed by atoms with Crippen LogP contribution in [0.3, 0.4) is 0 Å². The quantitative estimate of drug-likeness (QED) is 0.0372. The first-order valence-electron chi connectivity index (χ1n) is 21.0. The van der Waals surface area contributed by atoms with E-state index >= 15 is 0 Å². The maximum atomic E-state index is 11.2. The summed E-state index contributed by atoms with van der Waals surface area (Å²) < 4.78 is 25.0. The van der Waals surface area contributed by atoms with E-state index in [2.05, 4.69) is 32.7 Å². The van der Waals surface area contributed by atoms with Crippen LogP contribution in [0.25, 0.3) is 11.1 Å². The van der Waals surface area contributed by atoms with E-state index in [9.17, 15) is 30.3 Å². The first-order valence-corrected chi connectivity index (χ1v) is 21.7. The second-order valence-electron chi connectivity index (χ2n) is 15.5. The molecular weight excluding hydrogens is 915 g/mol. The Labute approximate surface area is 401 Å². The van der Waals surface area contributed by atoms with Crippen molar-refractivity contribution in [2.45, 2.75) is 65.6 Å². The summed E-state index contributed by atoms with van der Waals surface area (Å²) >= 11 is 13.5. The summed E-state index contributed by atoms with van der Waals surface area (Å²) in [6, 6.07) is 25.9. The lowest BCUT2D eigenvalue weighted by molar-refractivity contribution is -0.147. The fourth-order valence-electron chi connectivity index (χ4n) is 6.93. The summed E-state index contributed by atoms with van der Waals surface area (Å²) in [7, 11) is 0. The molecule has 0 unspecified atom stereocenters. The first kappa shape index (κ1) is 50.1. The Bertz CT molecular complexity index is 2680. The van der Waals surface area contributed by atoms with Gasteiger partial charge in [-0.2, -0.15) is 10.5 Å². The molecule has 6 N–H and O–H groups in total. The maximum Gasteiger partial charge on any atom is 0.333 e. The number of nitriles is 2. The minimum Gasteiger partial charge on any atom is -0.488 e. The van der Waals surface area contributed by atoms with Gasteiger partial charge in [-0.15, -0.1) is 0 Å². The highest BCUT2D eigenvalue weighted by molar-refractivity contribution is 6.32. The Hall–Kier alpha value is -7.28. The molecule has 0 aliphatic rings. The van der Waals surface area contributed by atoms with Crippen molar-refractivity contribution in [2.24, 2.45) is 0 Å². The van der Waals surface area contributed by atoms with Gasteiger partial charge >= 0.3 is 11.9 Å². The van der Waals surface area contributed by atoms with Crippen molar-refractivity contribution in [1.29, 1.82) is 10.5 Å². The van der Waals surface area contributed by atoms with Gasteiger partial charge in [-0.1, -0.05) is 59.6 Å². The van der Waals surface area contributed by atoms with Crippen LogP contribution in [-0.2, 0) is 49.1 Å². The molecule has 0 fully saturated rings. The summed E-state index contributed by atoms with van der Waals surface area (Å²) in [5.41, 5.74) is 8.83. The zero-order valence-electron chi connectivity index (χ0n) is 36.8. The number of nitrogens with one attached hydrogen (secondary N) is 2. The molecule has 0 saturated heterocycles. The van der Waals surface area contributed by atoms with Gasteiger partial charge in [-0.25, -0.2) is 9.59 Å². The predicted octanol–water partition coefficient (Wildman–Crippen LogP) is 7.20. The van der Waals surface area contributed by atoms with E-state index < -0.39 is 24.1 Å². The van der Waals surface area contributed by atoms with Crippen LogP contribution < -0.4 is 29.6 Å². The molecular formula is C50H46Cl2N6O10. The number of aliphatic hydroxyl groups is 2. The number of hydrogen-bond donors (Lipinski definition) is 6. The van der Waals surface area contributed by atoms with Gasteiger partial charge in [-0.05, 0) is 71.5 Å². The van der Waals surface area contributed by atoms with E-state index in [1.807, 2.05) is 50.2 Å². The lowest BCUT2D eigenvalue weighted by atomic mass is 9.92. The van der Waals surface area contributed by atoms with Crippen LogP contribution in [-0.4, -0.2) is 67.6 Å². The number of aromatic nitrogens is 2. The van der Waals surface area contributed by atoms with E-state index in [4.69, 9.17) is 52.4 Å². The van der Waals surface area contributed by atoms with Crippen molar-refractivity contribution in [3.8, 4) is 46.3 Å². The number of nitrogens with zero attached hydrogens (tertiary/aromatic N) is 4. The van der Waals surface area contributed by atoms with Crippen molar-refractivity contribution >= 4 is 35.1 Å². The minimum atomic E-state index is -1.61. The summed E-state index contributed by atoms with van der Waals surface area (Å²) in [6.07, 6.45) is 2.84. The highest BCUT2D eigenvalue weighted by atomic mass is 35.5. The molecule has 6 rings (SSSR count). The average molecular weight is 962 g/mol. The van der Waals surface area contributed by atoms with Crippen LogP contribution in [0.5, 0.6) is 23.0 Å². The average Bonchev–Trinajstić information content (AvgIpc) is 3.33. The number of benzene rings is 4. The predicted molar refractivity (Wildman–Crippen MR) is 250 cm³/mol. The van der Waals surface area contributed by atoms with Gasteiger partial charge in [0.15, 0.2) is 12.2 Å². The second-order valence-corrected chi connectivity index (χ2v) is 16.3. The molecule has 2 heterocycles. The molecule has 0 spiro atoms. The largest absolute Gasteiger partial charge is 0.488 e. The van der Waals surface area contributed by atoms with Gasteiger partial charge in [0.25, 0.3) is 0 Å². The van der Waals surface area contributed by atoms with Crippen LogP contribution in [0.4, 0.5) is 0 Å². The monoisotopic (exact) mass is 960 g/mol. The molecule has 16 nitrogen and oxygen atoms in total. The number of rotatable bonds is 23.